The molecule has 0 saturated heterocycles. The van der Waals surface area contributed by atoms with Gasteiger partial charge < -0.3 is 5.32 Å². The van der Waals surface area contributed by atoms with E-state index in [-0.39, 0.29) is 5.39 Å². The van der Waals surface area contributed by atoms with Crippen molar-refractivity contribution in [1.82, 2.24) is 14.1 Å². The van der Waals surface area contributed by atoms with Crippen molar-refractivity contribution in [1.29, 1.82) is 0 Å². The molecule has 0 spiro atoms. The minimum Gasteiger partial charge on any atom is -0.323 e. The van der Waals surface area contributed by atoms with Crippen LogP contribution >= 0.6 is 15.9 Å². The standard InChI is InChI=1S/C18H14BrF3N4O3/c1-9-3-5-12(11(19)7-9)23-14(27)8-26-16(28)10-4-6-13(18(20,21)22)24-15(10)25(2)17(26)29/h3-7H,8H2,1-2H3,(H,23,27). The summed E-state index contributed by atoms with van der Waals surface area (Å²) < 4.78 is 40.7. The number of benzene rings is 1. The van der Waals surface area contributed by atoms with E-state index in [1.807, 2.05) is 6.92 Å². The SMILES string of the molecule is Cc1ccc(NC(=O)Cn2c(=O)c3ccc(C(F)(F)F)nc3n(C)c2=O)c(Br)c1. The minimum absolute atomic E-state index is 0.204. The number of amides is 1. The van der Waals surface area contributed by atoms with Crippen LogP contribution in [0.5, 0.6) is 0 Å². The van der Waals surface area contributed by atoms with Gasteiger partial charge in [0.15, 0.2) is 0 Å². The van der Waals surface area contributed by atoms with Crippen LogP contribution in [0.25, 0.3) is 11.0 Å². The van der Waals surface area contributed by atoms with Gasteiger partial charge in [0.1, 0.15) is 17.9 Å². The van der Waals surface area contributed by atoms with E-state index in [0.29, 0.717) is 20.8 Å². The Morgan fingerprint density at radius 1 is 1.21 bits per heavy atom. The normalized spacial score (nSPS) is 11.7. The van der Waals surface area contributed by atoms with E-state index in [0.717, 1.165) is 16.2 Å². The number of halogens is 4. The Labute approximate surface area is 169 Å². The van der Waals surface area contributed by atoms with Gasteiger partial charge in [0.05, 0.1) is 11.1 Å². The van der Waals surface area contributed by atoms with Crippen molar-refractivity contribution in [2.45, 2.75) is 19.6 Å². The largest absolute Gasteiger partial charge is 0.433 e. The summed E-state index contributed by atoms with van der Waals surface area (Å²) in [5.74, 6) is -0.645. The van der Waals surface area contributed by atoms with E-state index in [9.17, 15) is 27.6 Å². The summed E-state index contributed by atoms with van der Waals surface area (Å²) in [5.41, 5.74) is -2.08. The van der Waals surface area contributed by atoms with Crippen molar-refractivity contribution >= 4 is 38.6 Å². The summed E-state index contributed by atoms with van der Waals surface area (Å²) in [6.45, 7) is 1.26. The van der Waals surface area contributed by atoms with Crippen molar-refractivity contribution in [2.24, 2.45) is 7.05 Å². The number of rotatable bonds is 3. The first-order chi connectivity index (χ1) is 13.5. The van der Waals surface area contributed by atoms with Gasteiger partial charge in [-0.2, -0.15) is 13.2 Å². The molecule has 29 heavy (non-hydrogen) atoms. The van der Waals surface area contributed by atoms with Crippen LogP contribution in [0.2, 0.25) is 0 Å². The molecule has 0 saturated carbocycles. The lowest BCUT2D eigenvalue weighted by molar-refractivity contribution is -0.141. The molecule has 3 rings (SSSR count). The number of hydrogen-bond acceptors (Lipinski definition) is 4. The molecule has 2 heterocycles. The molecule has 0 radical (unpaired) electrons. The third kappa shape index (κ3) is 4.09. The van der Waals surface area contributed by atoms with Crippen molar-refractivity contribution in [3.63, 3.8) is 0 Å². The Morgan fingerprint density at radius 3 is 2.52 bits per heavy atom. The second-order valence-electron chi connectivity index (χ2n) is 6.33. The van der Waals surface area contributed by atoms with Crippen LogP contribution < -0.4 is 16.6 Å². The molecule has 0 aliphatic rings. The van der Waals surface area contributed by atoms with E-state index in [4.69, 9.17) is 0 Å². The number of aryl methyl sites for hydroxylation is 2. The lowest BCUT2D eigenvalue weighted by Crippen LogP contribution is -2.42. The summed E-state index contributed by atoms with van der Waals surface area (Å²) in [5, 5.41) is 2.37. The molecule has 1 N–H and O–H groups in total. The highest BCUT2D eigenvalue weighted by Crippen LogP contribution is 2.28. The molecule has 0 aliphatic carbocycles. The first-order valence-corrected chi connectivity index (χ1v) is 9.02. The number of anilines is 1. The quantitative estimate of drug-likeness (QED) is 0.637. The summed E-state index contributed by atoms with van der Waals surface area (Å²) >= 11 is 3.31. The molecule has 1 aromatic carbocycles. The monoisotopic (exact) mass is 470 g/mol. The molecule has 0 fully saturated rings. The molecular formula is C18H14BrF3N4O3. The number of carbonyl (C=O) groups excluding carboxylic acids is 1. The highest BCUT2D eigenvalue weighted by Gasteiger charge is 2.33. The van der Waals surface area contributed by atoms with Crippen molar-refractivity contribution in [3.05, 3.63) is 66.9 Å². The third-order valence-electron chi connectivity index (χ3n) is 4.18. The molecule has 0 aliphatic heterocycles. The zero-order valence-corrected chi connectivity index (χ0v) is 16.8. The highest BCUT2D eigenvalue weighted by atomic mass is 79.9. The number of nitrogens with one attached hydrogen (secondary N) is 1. The maximum Gasteiger partial charge on any atom is 0.433 e. The van der Waals surface area contributed by atoms with Gasteiger partial charge in [-0.05, 0) is 52.7 Å². The van der Waals surface area contributed by atoms with Crippen LogP contribution in [0.4, 0.5) is 18.9 Å². The zero-order valence-electron chi connectivity index (χ0n) is 15.2. The first kappa shape index (κ1) is 20.8. The fourth-order valence-corrected chi connectivity index (χ4v) is 3.32. The van der Waals surface area contributed by atoms with Gasteiger partial charge in [-0.15, -0.1) is 0 Å². The Hall–Kier alpha value is -2.95. The number of hydrogen-bond donors (Lipinski definition) is 1. The average Bonchev–Trinajstić information content (AvgIpc) is 2.64. The van der Waals surface area contributed by atoms with Crippen LogP contribution in [0, 0.1) is 6.92 Å². The summed E-state index contributed by atoms with van der Waals surface area (Å²) in [6, 6.07) is 6.80. The van der Waals surface area contributed by atoms with Crippen LogP contribution in [-0.2, 0) is 24.6 Å². The van der Waals surface area contributed by atoms with Gasteiger partial charge in [0, 0.05) is 11.5 Å². The fraction of sp³-hybridized carbons (Fsp3) is 0.222. The lowest BCUT2D eigenvalue weighted by Gasteiger charge is -2.13. The molecule has 7 nitrogen and oxygen atoms in total. The second-order valence-corrected chi connectivity index (χ2v) is 7.18. The number of carbonyl (C=O) groups is 1. The molecular weight excluding hydrogens is 457 g/mol. The van der Waals surface area contributed by atoms with E-state index in [1.54, 1.807) is 18.2 Å². The van der Waals surface area contributed by atoms with Gasteiger partial charge >= 0.3 is 11.9 Å². The molecule has 2 aromatic heterocycles. The molecule has 0 atom stereocenters. The first-order valence-electron chi connectivity index (χ1n) is 8.23. The number of alkyl halides is 3. The van der Waals surface area contributed by atoms with Gasteiger partial charge in [-0.1, -0.05) is 6.07 Å². The third-order valence-corrected chi connectivity index (χ3v) is 4.83. The van der Waals surface area contributed by atoms with E-state index < -0.39 is 41.2 Å². The molecule has 3 aromatic rings. The minimum atomic E-state index is -4.72. The molecule has 1 amide bonds. The number of aromatic nitrogens is 3. The number of fused-ring (bicyclic) bond motifs is 1. The predicted molar refractivity (Wildman–Crippen MR) is 104 cm³/mol. The molecule has 11 heteroatoms. The highest BCUT2D eigenvalue weighted by molar-refractivity contribution is 9.10. The Bertz CT molecular complexity index is 1250. The van der Waals surface area contributed by atoms with Crippen LogP contribution in [0.15, 0.2) is 44.4 Å². The van der Waals surface area contributed by atoms with E-state index in [2.05, 4.69) is 26.2 Å². The lowest BCUT2D eigenvalue weighted by atomic mass is 10.2. The molecule has 0 bridgehead atoms. The number of nitrogens with zero attached hydrogens (tertiary/aromatic N) is 3. The summed E-state index contributed by atoms with van der Waals surface area (Å²) in [7, 11) is 1.18. The van der Waals surface area contributed by atoms with Crippen molar-refractivity contribution in [3.8, 4) is 0 Å². The Morgan fingerprint density at radius 2 is 1.90 bits per heavy atom. The van der Waals surface area contributed by atoms with Gasteiger partial charge in [-0.3, -0.25) is 18.7 Å². The maximum atomic E-state index is 12.9. The van der Waals surface area contributed by atoms with Crippen molar-refractivity contribution in [2.75, 3.05) is 5.32 Å². The van der Waals surface area contributed by atoms with E-state index >= 15 is 0 Å². The molecule has 152 valence electrons. The molecule has 0 unspecified atom stereocenters. The second kappa shape index (κ2) is 7.47. The fourth-order valence-electron chi connectivity index (χ4n) is 2.73. The van der Waals surface area contributed by atoms with Gasteiger partial charge in [0.2, 0.25) is 5.91 Å². The average molecular weight is 471 g/mol. The summed E-state index contributed by atoms with van der Waals surface area (Å²) in [4.78, 5) is 40.8. The maximum absolute atomic E-state index is 12.9. The van der Waals surface area contributed by atoms with E-state index in [1.165, 1.54) is 7.05 Å². The Balaban J connectivity index is 2.01. The van der Waals surface area contributed by atoms with Gasteiger partial charge in [0.25, 0.3) is 5.56 Å². The smallest absolute Gasteiger partial charge is 0.323 e. The summed E-state index contributed by atoms with van der Waals surface area (Å²) in [6.07, 6.45) is -4.72. The van der Waals surface area contributed by atoms with Crippen molar-refractivity contribution < 1.29 is 18.0 Å². The van der Waals surface area contributed by atoms with Gasteiger partial charge in [-0.25, -0.2) is 9.78 Å². The van der Waals surface area contributed by atoms with Crippen LogP contribution in [-0.4, -0.2) is 20.0 Å². The predicted octanol–water partition coefficient (Wildman–Crippen LogP) is 2.82. The van der Waals surface area contributed by atoms with Crippen LogP contribution in [0.1, 0.15) is 11.3 Å². The zero-order chi connectivity index (χ0) is 21.5. The van der Waals surface area contributed by atoms with Crippen LogP contribution in [0.3, 0.4) is 0 Å². The Kier molecular flexibility index (Phi) is 5.35. The number of pyridine rings is 1. The topological polar surface area (TPSA) is 86.0 Å².